The molecule has 0 spiro atoms. The molecule has 1 atom stereocenters. The van der Waals surface area contributed by atoms with Crippen LogP contribution in [0.1, 0.15) is 36.7 Å². The van der Waals surface area contributed by atoms with Crippen LogP contribution >= 0.6 is 11.3 Å². The van der Waals surface area contributed by atoms with Gasteiger partial charge in [0.15, 0.2) is 4.80 Å². The van der Waals surface area contributed by atoms with Crippen molar-refractivity contribution in [2.75, 3.05) is 26.1 Å². The smallest absolute Gasteiger partial charge is 0.338 e. The predicted molar refractivity (Wildman–Crippen MR) is 129 cm³/mol. The van der Waals surface area contributed by atoms with E-state index in [0.717, 1.165) is 29.1 Å². The van der Waals surface area contributed by atoms with Gasteiger partial charge in [0.05, 0.1) is 34.6 Å². The topological polar surface area (TPSA) is 81.7 Å². The van der Waals surface area contributed by atoms with E-state index in [4.69, 9.17) is 4.74 Å². The Morgan fingerprint density at radius 3 is 2.52 bits per heavy atom. The van der Waals surface area contributed by atoms with E-state index in [0.29, 0.717) is 20.6 Å². The molecule has 0 amide bonds. The number of thiazole rings is 1. The maximum absolute atomic E-state index is 13.6. The summed E-state index contributed by atoms with van der Waals surface area (Å²) >= 11 is 1.31. The van der Waals surface area contributed by atoms with Crippen molar-refractivity contribution in [3.05, 3.63) is 78.2 Å². The number of nitrogens with zero attached hydrogens (tertiary/aromatic N) is 5. The van der Waals surface area contributed by atoms with Crippen LogP contribution in [0.2, 0.25) is 0 Å². The highest BCUT2D eigenvalue weighted by Crippen LogP contribution is 2.31. The van der Waals surface area contributed by atoms with Crippen LogP contribution in [0.4, 0.5) is 5.69 Å². The Labute approximate surface area is 195 Å². The van der Waals surface area contributed by atoms with Crippen LogP contribution in [-0.2, 0) is 16.1 Å². The molecule has 0 fully saturated rings. The molecule has 0 saturated carbocycles. The molecule has 0 radical (unpaired) electrons. The molecule has 1 aliphatic rings. The first-order chi connectivity index (χ1) is 15.7. The van der Waals surface area contributed by atoms with E-state index < -0.39 is 12.0 Å². The van der Waals surface area contributed by atoms with Gasteiger partial charge in [-0.25, -0.2) is 9.79 Å². The van der Waals surface area contributed by atoms with E-state index in [-0.39, 0.29) is 5.56 Å². The van der Waals surface area contributed by atoms with Gasteiger partial charge in [0.1, 0.15) is 0 Å². The third kappa shape index (κ3) is 4.04. The zero-order valence-electron chi connectivity index (χ0n) is 19.6. The van der Waals surface area contributed by atoms with Crippen molar-refractivity contribution in [2.24, 2.45) is 4.99 Å². The number of allylic oxidation sites excluding steroid dienone is 1. The number of carbonyl (C=O) groups is 1. The van der Waals surface area contributed by atoms with E-state index in [2.05, 4.69) is 10.1 Å². The molecule has 0 aliphatic carbocycles. The maximum atomic E-state index is 13.6. The van der Waals surface area contributed by atoms with Crippen LogP contribution in [0.15, 0.2) is 51.5 Å². The Balaban J connectivity index is 1.94. The molecule has 3 heterocycles. The molecule has 2 aromatic heterocycles. The summed E-state index contributed by atoms with van der Waals surface area (Å²) < 4.78 is 9.05. The lowest BCUT2D eigenvalue weighted by atomic mass is 9.95. The second kappa shape index (κ2) is 8.82. The van der Waals surface area contributed by atoms with E-state index >= 15 is 0 Å². The minimum Gasteiger partial charge on any atom is -0.466 e. The number of aromatic nitrogens is 3. The highest BCUT2D eigenvalue weighted by molar-refractivity contribution is 7.07. The second-order valence-corrected chi connectivity index (χ2v) is 9.09. The van der Waals surface area contributed by atoms with Crippen molar-refractivity contribution in [2.45, 2.75) is 33.4 Å². The number of anilines is 1. The first-order valence-corrected chi connectivity index (χ1v) is 11.5. The summed E-state index contributed by atoms with van der Waals surface area (Å²) in [6.45, 7) is 6.47. The van der Waals surface area contributed by atoms with Crippen LogP contribution in [0.5, 0.6) is 0 Å². The maximum Gasteiger partial charge on any atom is 0.338 e. The number of hydrogen-bond donors (Lipinski definition) is 0. The fraction of sp³-hybridized carbons (Fsp3) is 0.333. The summed E-state index contributed by atoms with van der Waals surface area (Å²) in [5, 5.41) is 4.46. The van der Waals surface area contributed by atoms with Gasteiger partial charge in [0.25, 0.3) is 5.56 Å². The van der Waals surface area contributed by atoms with Gasteiger partial charge in [-0.2, -0.15) is 5.10 Å². The van der Waals surface area contributed by atoms with Gasteiger partial charge in [0, 0.05) is 38.1 Å². The summed E-state index contributed by atoms with van der Waals surface area (Å²) in [5.74, 6) is -0.493. The molecule has 9 heteroatoms. The summed E-state index contributed by atoms with van der Waals surface area (Å²) in [6, 6.07) is 7.20. The molecule has 8 nitrogen and oxygen atoms in total. The zero-order chi connectivity index (χ0) is 23.9. The number of aryl methyl sites for hydroxylation is 2. The molecule has 1 aromatic carbocycles. The first-order valence-electron chi connectivity index (χ1n) is 10.7. The van der Waals surface area contributed by atoms with E-state index in [1.54, 1.807) is 11.5 Å². The monoisotopic (exact) mass is 465 g/mol. The van der Waals surface area contributed by atoms with Crippen molar-refractivity contribution in [3.63, 3.8) is 0 Å². The number of rotatable bonds is 5. The Bertz CT molecular complexity index is 1420. The fourth-order valence-electron chi connectivity index (χ4n) is 3.94. The number of hydrogen-bond acceptors (Lipinski definition) is 7. The summed E-state index contributed by atoms with van der Waals surface area (Å²) in [7, 11) is 5.27. The van der Waals surface area contributed by atoms with Gasteiger partial charge in [-0.1, -0.05) is 23.5 Å². The summed E-state index contributed by atoms with van der Waals surface area (Å²) in [6.07, 6.45) is 3.78. The molecule has 1 unspecified atom stereocenters. The molecular formula is C24H27N5O3S. The quantitative estimate of drug-likeness (QED) is 0.539. The lowest BCUT2D eigenvalue weighted by Gasteiger charge is -2.25. The Morgan fingerprint density at radius 1 is 1.24 bits per heavy atom. The van der Waals surface area contributed by atoms with Crippen LogP contribution in [0.25, 0.3) is 6.08 Å². The lowest BCUT2D eigenvalue weighted by molar-refractivity contribution is -0.136. The van der Waals surface area contributed by atoms with E-state index in [1.165, 1.54) is 18.4 Å². The molecule has 0 saturated heterocycles. The van der Waals surface area contributed by atoms with Gasteiger partial charge in [0.2, 0.25) is 0 Å². The average molecular weight is 466 g/mol. The highest BCUT2D eigenvalue weighted by atomic mass is 32.1. The number of esters is 1. The SMILES string of the molecule is CCn1cc(/C=c2\sc3n(c2=O)C(c2ccc(N(C)C)cc2)C(C(=O)OC)=C(C)N=3)c(C)n1. The Morgan fingerprint density at radius 2 is 1.94 bits per heavy atom. The third-order valence-electron chi connectivity index (χ3n) is 5.75. The standard InChI is InChI=1S/C24H27N5O3S/c1-7-28-13-17(14(2)26-28)12-19-22(30)29-21(16-8-10-18(11-9-16)27(4)5)20(23(31)32-6)15(3)25-24(29)33-19/h8-13,21H,7H2,1-6H3/b19-12-. The van der Waals surface area contributed by atoms with Gasteiger partial charge in [-0.05, 0) is 44.5 Å². The number of benzene rings is 1. The summed E-state index contributed by atoms with van der Waals surface area (Å²) in [4.78, 5) is 33.5. The molecule has 0 N–H and O–H groups in total. The van der Waals surface area contributed by atoms with Crippen LogP contribution in [-0.4, -0.2) is 41.5 Å². The third-order valence-corrected chi connectivity index (χ3v) is 6.73. The average Bonchev–Trinajstić information content (AvgIpc) is 3.31. The molecule has 33 heavy (non-hydrogen) atoms. The molecule has 0 bridgehead atoms. The zero-order valence-corrected chi connectivity index (χ0v) is 20.4. The minimum atomic E-state index is -0.619. The predicted octanol–water partition coefficient (Wildman–Crippen LogP) is 2.00. The molecule has 3 aromatic rings. The largest absolute Gasteiger partial charge is 0.466 e. The van der Waals surface area contributed by atoms with Gasteiger partial charge >= 0.3 is 5.97 Å². The van der Waals surface area contributed by atoms with Crippen LogP contribution in [0.3, 0.4) is 0 Å². The van der Waals surface area contributed by atoms with Crippen molar-refractivity contribution in [3.8, 4) is 0 Å². The number of methoxy groups -OCH3 is 1. The molecular weight excluding hydrogens is 438 g/mol. The first kappa shape index (κ1) is 22.7. The normalized spacial score (nSPS) is 15.9. The van der Waals surface area contributed by atoms with Crippen LogP contribution < -0.4 is 19.8 Å². The molecule has 172 valence electrons. The van der Waals surface area contributed by atoms with Crippen molar-refractivity contribution >= 4 is 29.1 Å². The number of carbonyl (C=O) groups excluding carboxylic acids is 1. The molecule has 1 aliphatic heterocycles. The van der Waals surface area contributed by atoms with Gasteiger partial charge in [-0.15, -0.1) is 0 Å². The Kier molecular flexibility index (Phi) is 6.07. The Hall–Kier alpha value is -3.46. The lowest BCUT2D eigenvalue weighted by Crippen LogP contribution is -2.39. The fourth-order valence-corrected chi connectivity index (χ4v) is 4.98. The highest BCUT2D eigenvalue weighted by Gasteiger charge is 2.33. The number of ether oxygens (including phenoxy) is 1. The van der Waals surface area contributed by atoms with Crippen molar-refractivity contribution < 1.29 is 9.53 Å². The van der Waals surface area contributed by atoms with Crippen LogP contribution in [0, 0.1) is 6.92 Å². The minimum absolute atomic E-state index is 0.196. The van der Waals surface area contributed by atoms with Gasteiger partial charge < -0.3 is 9.64 Å². The summed E-state index contributed by atoms with van der Waals surface area (Å²) in [5.41, 5.74) is 4.30. The molecule has 4 rings (SSSR count). The van der Waals surface area contributed by atoms with Crippen molar-refractivity contribution in [1.29, 1.82) is 0 Å². The van der Waals surface area contributed by atoms with E-state index in [9.17, 15) is 9.59 Å². The second-order valence-electron chi connectivity index (χ2n) is 8.08. The van der Waals surface area contributed by atoms with Crippen molar-refractivity contribution in [1.82, 2.24) is 14.3 Å². The van der Waals surface area contributed by atoms with Gasteiger partial charge in [-0.3, -0.25) is 14.0 Å². The van der Waals surface area contributed by atoms with E-state index in [1.807, 2.05) is 74.1 Å². The number of fused-ring (bicyclic) bond motifs is 1.